The fourth-order valence-corrected chi connectivity index (χ4v) is 3.35. The molecule has 0 aromatic heterocycles. The Hall–Kier alpha value is -2.77. The summed E-state index contributed by atoms with van der Waals surface area (Å²) >= 11 is 0. The fraction of sp³-hybridized carbons (Fsp3) is 0.591. The number of nitrogens with one attached hydrogen (secondary N) is 1. The molecule has 1 aromatic carbocycles. The number of piperidine rings is 1. The van der Waals surface area contributed by atoms with Gasteiger partial charge in [0.1, 0.15) is 18.2 Å². The number of hydrogen-bond donors (Lipinski definition) is 1. The summed E-state index contributed by atoms with van der Waals surface area (Å²) in [5, 5.41) is 2.60. The Bertz CT molecular complexity index is 716. The van der Waals surface area contributed by atoms with Crippen molar-refractivity contribution in [3.63, 3.8) is 0 Å². The molecular weight excluding hydrogens is 388 g/mol. The van der Waals surface area contributed by atoms with Crippen molar-refractivity contribution in [2.24, 2.45) is 5.92 Å². The number of esters is 1. The van der Waals surface area contributed by atoms with Gasteiger partial charge in [-0.3, -0.25) is 0 Å². The van der Waals surface area contributed by atoms with Gasteiger partial charge in [-0.2, -0.15) is 0 Å². The third-order valence-corrected chi connectivity index (χ3v) is 4.73. The molecule has 1 aliphatic heterocycles. The van der Waals surface area contributed by atoms with Crippen LogP contribution < -0.4 is 5.32 Å². The summed E-state index contributed by atoms with van der Waals surface area (Å²) in [5.74, 6) is -0.508. The van der Waals surface area contributed by atoms with E-state index in [1.165, 1.54) is 7.11 Å². The van der Waals surface area contributed by atoms with Crippen molar-refractivity contribution in [3.8, 4) is 0 Å². The molecule has 1 N–H and O–H groups in total. The van der Waals surface area contributed by atoms with E-state index in [0.29, 0.717) is 19.5 Å². The average molecular weight is 421 g/mol. The summed E-state index contributed by atoms with van der Waals surface area (Å²) < 4.78 is 15.5. The van der Waals surface area contributed by atoms with Crippen molar-refractivity contribution in [1.82, 2.24) is 10.2 Å². The molecule has 1 heterocycles. The number of alkyl carbamates (subject to hydrolysis) is 1. The van der Waals surface area contributed by atoms with Gasteiger partial charge >= 0.3 is 18.2 Å². The Balaban J connectivity index is 1.90. The van der Waals surface area contributed by atoms with Gasteiger partial charge in [-0.1, -0.05) is 30.3 Å². The number of nitrogens with zero attached hydrogens (tertiary/aromatic N) is 1. The molecule has 0 spiro atoms. The Kier molecular flexibility index (Phi) is 8.50. The Morgan fingerprint density at radius 3 is 2.53 bits per heavy atom. The lowest BCUT2D eigenvalue weighted by molar-refractivity contribution is -0.143. The molecule has 0 radical (unpaired) electrons. The normalized spacial score (nSPS) is 17.6. The second kappa shape index (κ2) is 10.8. The molecule has 1 saturated heterocycles. The van der Waals surface area contributed by atoms with Crippen LogP contribution in [0.3, 0.4) is 0 Å². The molecule has 1 aromatic rings. The minimum atomic E-state index is -0.846. The summed E-state index contributed by atoms with van der Waals surface area (Å²) in [4.78, 5) is 38.4. The minimum absolute atomic E-state index is 0.0322. The van der Waals surface area contributed by atoms with E-state index in [1.54, 1.807) is 4.90 Å². The van der Waals surface area contributed by atoms with Crippen molar-refractivity contribution in [2.45, 2.75) is 58.3 Å². The van der Waals surface area contributed by atoms with E-state index in [-0.39, 0.29) is 18.6 Å². The lowest BCUT2D eigenvalue weighted by Gasteiger charge is -2.35. The molecule has 1 aliphatic rings. The first-order valence-corrected chi connectivity index (χ1v) is 10.2. The number of carbonyl (C=O) groups is 3. The van der Waals surface area contributed by atoms with Gasteiger partial charge in [0.15, 0.2) is 0 Å². The number of methoxy groups -OCH3 is 1. The summed E-state index contributed by atoms with van der Waals surface area (Å²) in [6.45, 7) is 6.65. The zero-order valence-corrected chi connectivity index (χ0v) is 18.2. The number of likely N-dealkylation sites (tertiary alicyclic amines) is 1. The van der Waals surface area contributed by atoms with Crippen molar-refractivity contribution in [2.75, 3.05) is 20.2 Å². The second-order valence-corrected chi connectivity index (χ2v) is 8.45. The molecule has 8 heteroatoms. The SMILES string of the molecule is COC(=O)[C@H](C[C@@H]1CCCN(C(=O)OC(C)(C)C)C1)NC(=O)OCc1ccccc1. The first-order valence-electron chi connectivity index (χ1n) is 10.2. The molecule has 1 fully saturated rings. The highest BCUT2D eigenvalue weighted by atomic mass is 16.6. The first kappa shape index (κ1) is 23.5. The standard InChI is InChI=1S/C22H32N2O6/c1-22(2,3)30-21(27)24-12-8-11-17(14-24)13-18(19(25)28-4)23-20(26)29-15-16-9-6-5-7-10-16/h5-7,9-10,17-18H,8,11-15H2,1-4H3,(H,23,26)/t17-,18-/m0/s1. The Labute approximate surface area is 177 Å². The topological polar surface area (TPSA) is 94.2 Å². The Morgan fingerprint density at radius 1 is 1.20 bits per heavy atom. The molecule has 30 heavy (non-hydrogen) atoms. The molecule has 0 aliphatic carbocycles. The molecule has 0 bridgehead atoms. The molecular formula is C22H32N2O6. The third kappa shape index (κ3) is 7.93. The van der Waals surface area contributed by atoms with E-state index in [0.717, 1.165) is 18.4 Å². The van der Waals surface area contributed by atoms with Crippen LogP contribution in [0.1, 0.15) is 45.6 Å². The fourth-order valence-electron chi connectivity index (χ4n) is 3.35. The van der Waals surface area contributed by atoms with E-state index in [1.807, 2.05) is 51.1 Å². The maximum absolute atomic E-state index is 12.4. The predicted octanol–water partition coefficient (Wildman–Crippen LogP) is 3.49. The summed E-state index contributed by atoms with van der Waals surface area (Å²) in [7, 11) is 1.28. The average Bonchev–Trinajstić information content (AvgIpc) is 2.71. The lowest BCUT2D eigenvalue weighted by atomic mass is 9.91. The number of carbonyl (C=O) groups excluding carboxylic acids is 3. The Morgan fingerprint density at radius 2 is 1.90 bits per heavy atom. The van der Waals surface area contributed by atoms with Gasteiger partial charge < -0.3 is 24.4 Å². The van der Waals surface area contributed by atoms with Gasteiger partial charge in [-0.25, -0.2) is 14.4 Å². The molecule has 0 saturated carbocycles. The summed E-state index contributed by atoms with van der Waals surface area (Å²) in [6.07, 6.45) is 0.946. The van der Waals surface area contributed by atoms with Gasteiger partial charge in [0.05, 0.1) is 7.11 Å². The molecule has 2 amide bonds. The number of rotatable bonds is 6. The van der Waals surface area contributed by atoms with Gasteiger partial charge in [0.2, 0.25) is 0 Å². The second-order valence-electron chi connectivity index (χ2n) is 8.45. The van der Waals surface area contributed by atoms with E-state index in [4.69, 9.17) is 14.2 Å². The van der Waals surface area contributed by atoms with Crippen LogP contribution in [0.5, 0.6) is 0 Å². The van der Waals surface area contributed by atoms with Gasteiger partial charge in [-0.05, 0) is 51.5 Å². The van der Waals surface area contributed by atoms with Crippen LogP contribution >= 0.6 is 0 Å². The van der Waals surface area contributed by atoms with Crippen LogP contribution in [0, 0.1) is 5.92 Å². The van der Waals surface area contributed by atoms with Gasteiger partial charge in [-0.15, -0.1) is 0 Å². The molecule has 0 unspecified atom stereocenters. The highest BCUT2D eigenvalue weighted by Gasteiger charge is 2.32. The number of hydrogen-bond acceptors (Lipinski definition) is 6. The molecule has 2 atom stereocenters. The maximum Gasteiger partial charge on any atom is 0.410 e. The van der Waals surface area contributed by atoms with Crippen molar-refractivity contribution >= 4 is 18.2 Å². The lowest BCUT2D eigenvalue weighted by Crippen LogP contribution is -2.47. The van der Waals surface area contributed by atoms with Crippen LogP contribution in [0.25, 0.3) is 0 Å². The van der Waals surface area contributed by atoms with Crippen molar-refractivity contribution < 1.29 is 28.6 Å². The molecule has 166 valence electrons. The van der Waals surface area contributed by atoms with E-state index < -0.39 is 23.7 Å². The van der Waals surface area contributed by atoms with Crippen molar-refractivity contribution in [1.29, 1.82) is 0 Å². The highest BCUT2D eigenvalue weighted by Crippen LogP contribution is 2.23. The third-order valence-electron chi connectivity index (χ3n) is 4.73. The van der Waals surface area contributed by atoms with Crippen LogP contribution in [-0.2, 0) is 25.6 Å². The summed E-state index contributed by atoms with van der Waals surface area (Å²) in [6, 6.07) is 8.43. The van der Waals surface area contributed by atoms with Crippen LogP contribution in [0.15, 0.2) is 30.3 Å². The van der Waals surface area contributed by atoms with Crippen LogP contribution in [-0.4, -0.2) is 54.9 Å². The maximum atomic E-state index is 12.4. The zero-order valence-electron chi connectivity index (χ0n) is 18.2. The van der Waals surface area contributed by atoms with E-state index >= 15 is 0 Å². The monoisotopic (exact) mass is 420 g/mol. The smallest absolute Gasteiger partial charge is 0.410 e. The van der Waals surface area contributed by atoms with Gasteiger partial charge in [0, 0.05) is 13.1 Å². The minimum Gasteiger partial charge on any atom is -0.467 e. The van der Waals surface area contributed by atoms with Gasteiger partial charge in [0.25, 0.3) is 0 Å². The van der Waals surface area contributed by atoms with Crippen LogP contribution in [0.4, 0.5) is 9.59 Å². The van der Waals surface area contributed by atoms with E-state index in [9.17, 15) is 14.4 Å². The largest absolute Gasteiger partial charge is 0.467 e. The molecule has 2 rings (SSSR count). The number of ether oxygens (including phenoxy) is 3. The van der Waals surface area contributed by atoms with E-state index in [2.05, 4.69) is 5.32 Å². The predicted molar refractivity (Wildman–Crippen MR) is 111 cm³/mol. The van der Waals surface area contributed by atoms with Crippen molar-refractivity contribution in [3.05, 3.63) is 35.9 Å². The molecule has 8 nitrogen and oxygen atoms in total. The quantitative estimate of drug-likeness (QED) is 0.559. The summed E-state index contributed by atoms with van der Waals surface area (Å²) in [5.41, 5.74) is 0.283. The highest BCUT2D eigenvalue weighted by molar-refractivity contribution is 5.81. The number of benzene rings is 1. The first-order chi connectivity index (χ1) is 14.2. The van der Waals surface area contributed by atoms with Crippen LogP contribution in [0.2, 0.25) is 0 Å². The number of amides is 2. The zero-order chi connectivity index (χ0) is 22.1.